The fourth-order valence-corrected chi connectivity index (χ4v) is 3.53. The average Bonchev–Trinajstić information content (AvgIpc) is 2.94. The summed E-state index contributed by atoms with van der Waals surface area (Å²) in [6.45, 7) is 2.44. The van der Waals surface area contributed by atoms with Crippen molar-refractivity contribution in [2.75, 3.05) is 43.9 Å². The highest BCUT2D eigenvalue weighted by atomic mass is 19.1. The third-order valence-electron chi connectivity index (χ3n) is 5.08. The summed E-state index contributed by atoms with van der Waals surface area (Å²) in [6, 6.07) is 3.62. The Bertz CT molecular complexity index is 660. The Hall–Kier alpha value is -2.31. The SMILES string of the molecule is CN1CC[C@H](N(C)C(=O)Nc2cc(F)ccc2N2CCCCC2)C1=O. The molecular formula is C18H25FN4O2. The van der Waals surface area contributed by atoms with Gasteiger partial charge in [-0.05, 0) is 43.9 Å². The van der Waals surface area contributed by atoms with Crippen molar-refractivity contribution >= 4 is 23.3 Å². The molecule has 1 aromatic rings. The Morgan fingerprint density at radius 3 is 2.60 bits per heavy atom. The Labute approximate surface area is 147 Å². The topological polar surface area (TPSA) is 55.9 Å². The van der Waals surface area contributed by atoms with Crippen LogP contribution in [-0.4, -0.2) is 61.5 Å². The number of hydrogen-bond donors (Lipinski definition) is 1. The van der Waals surface area contributed by atoms with Gasteiger partial charge in [0.05, 0.1) is 11.4 Å². The molecule has 2 aliphatic rings. The van der Waals surface area contributed by atoms with Crippen LogP contribution in [0.4, 0.5) is 20.6 Å². The van der Waals surface area contributed by atoms with Crippen molar-refractivity contribution in [3.63, 3.8) is 0 Å². The van der Waals surface area contributed by atoms with Crippen LogP contribution >= 0.6 is 0 Å². The van der Waals surface area contributed by atoms with Crippen molar-refractivity contribution in [3.8, 4) is 0 Å². The summed E-state index contributed by atoms with van der Waals surface area (Å²) in [5.74, 6) is -0.455. The molecule has 1 aromatic carbocycles. The van der Waals surface area contributed by atoms with Crippen molar-refractivity contribution in [1.29, 1.82) is 0 Å². The van der Waals surface area contributed by atoms with Gasteiger partial charge in [-0.1, -0.05) is 0 Å². The molecule has 0 unspecified atom stereocenters. The zero-order chi connectivity index (χ0) is 18.0. The summed E-state index contributed by atoms with van der Waals surface area (Å²) < 4.78 is 13.7. The van der Waals surface area contributed by atoms with Crippen molar-refractivity contribution in [2.45, 2.75) is 31.7 Å². The monoisotopic (exact) mass is 348 g/mol. The minimum Gasteiger partial charge on any atom is -0.370 e. The average molecular weight is 348 g/mol. The van der Waals surface area contributed by atoms with Gasteiger partial charge in [0.2, 0.25) is 5.91 Å². The molecule has 0 aliphatic carbocycles. The number of hydrogen-bond acceptors (Lipinski definition) is 3. The van der Waals surface area contributed by atoms with Crippen LogP contribution in [0.25, 0.3) is 0 Å². The summed E-state index contributed by atoms with van der Waals surface area (Å²) in [4.78, 5) is 29.9. The molecule has 2 aliphatic heterocycles. The molecule has 0 radical (unpaired) electrons. The number of urea groups is 1. The summed E-state index contributed by atoms with van der Waals surface area (Å²) in [5.41, 5.74) is 1.29. The number of nitrogens with zero attached hydrogens (tertiary/aromatic N) is 3. The van der Waals surface area contributed by atoms with Crippen molar-refractivity contribution in [3.05, 3.63) is 24.0 Å². The van der Waals surface area contributed by atoms with Crippen LogP contribution in [0, 0.1) is 5.82 Å². The van der Waals surface area contributed by atoms with Gasteiger partial charge in [0.15, 0.2) is 0 Å². The van der Waals surface area contributed by atoms with Crippen LogP contribution in [-0.2, 0) is 4.79 Å². The number of benzene rings is 1. The third-order valence-corrected chi connectivity index (χ3v) is 5.08. The highest BCUT2D eigenvalue weighted by Gasteiger charge is 2.34. The van der Waals surface area contributed by atoms with Gasteiger partial charge >= 0.3 is 6.03 Å². The molecule has 1 atom stereocenters. The van der Waals surface area contributed by atoms with Gasteiger partial charge in [0, 0.05) is 33.7 Å². The molecule has 25 heavy (non-hydrogen) atoms. The molecule has 7 heteroatoms. The van der Waals surface area contributed by atoms with E-state index < -0.39 is 17.9 Å². The number of rotatable bonds is 3. The van der Waals surface area contributed by atoms with Gasteiger partial charge in [-0.25, -0.2) is 9.18 Å². The predicted molar refractivity (Wildman–Crippen MR) is 95.3 cm³/mol. The molecule has 2 saturated heterocycles. The van der Waals surface area contributed by atoms with Gasteiger partial charge in [-0.3, -0.25) is 4.79 Å². The number of carbonyl (C=O) groups is 2. The highest BCUT2D eigenvalue weighted by molar-refractivity contribution is 5.96. The van der Waals surface area contributed by atoms with Crippen LogP contribution in [0.3, 0.4) is 0 Å². The van der Waals surface area contributed by atoms with E-state index in [0.717, 1.165) is 31.6 Å². The lowest BCUT2D eigenvalue weighted by Gasteiger charge is -2.31. The zero-order valence-electron chi connectivity index (χ0n) is 14.8. The van der Waals surface area contributed by atoms with E-state index in [1.807, 2.05) is 0 Å². The predicted octanol–water partition coefficient (Wildman–Crippen LogP) is 2.51. The Balaban J connectivity index is 1.76. The second-order valence-corrected chi connectivity index (χ2v) is 6.81. The summed E-state index contributed by atoms with van der Waals surface area (Å²) in [6.07, 6.45) is 3.99. The van der Waals surface area contributed by atoms with E-state index in [0.29, 0.717) is 18.7 Å². The largest absolute Gasteiger partial charge is 0.370 e. The smallest absolute Gasteiger partial charge is 0.322 e. The number of likely N-dealkylation sites (tertiary alicyclic amines) is 1. The van der Waals surface area contributed by atoms with Gasteiger partial charge < -0.3 is 20.0 Å². The van der Waals surface area contributed by atoms with Crippen molar-refractivity contribution in [2.24, 2.45) is 0 Å². The van der Waals surface area contributed by atoms with Crippen LogP contribution < -0.4 is 10.2 Å². The lowest BCUT2D eigenvalue weighted by Crippen LogP contribution is -2.44. The molecule has 1 N–H and O–H groups in total. The number of halogens is 1. The fraction of sp³-hybridized carbons (Fsp3) is 0.556. The maximum Gasteiger partial charge on any atom is 0.322 e. The third kappa shape index (κ3) is 3.70. The van der Waals surface area contributed by atoms with Crippen LogP contribution in [0.2, 0.25) is 0 Å². The number of carbonyl (C=O) groups excluding carboxylic acids is 2. The fourth-order valence-electron chi connectivity index (χ4n) is 3.53. The van der Waals surface area contributed by atoms with Gasteiger partial charge in [-0.2, -0.15) is 0 Å². The van der Waals surface area contributed by atoms with Gasteiger partial charge in [-0.15, -0.1) is 0 Å². The standard InChI is InChI=1S/C18H25FN4O2/c1-21-11-8-16(17(21)24)22(2)18(25)20-14-12-13(19)6-7-15(14)23-9-4-3-5-10-23/h6-7,12,16H,3-5,8-11H2,1-2H3,(H,20,25)/t16-/m0/s1. The van der Waals surface area contributed by atoms with Crippen LogP contribution in [0.1, 0.15) is 25.7 Å². The van der Waals surface area contributed by atoms with E-state index in [1.165, 1.54) is 23.5 Å². The second kappa shape index (κ2) is 7.29. The van der Waals surface area contributed by atoms with E-state index >= 15 is 0 Å². The number of anilines is 2. The molecule has 3 rings (SSSR count). The molecule has 2 heterocycles. The first-order chi connectivity index (χ1) is 12.0. The molecule has 3 amide bonds. The normalized spacial score (nSPS) is 20.8. The minimum atomic E-state index is -0.461. The lowest BCUT2D eigenvalue weighted by atomic mass is 10.1. The molecular weight excluding hydrogens is 323 g/mol. The van der Waals surface area contributed by atoms with Gasteiger partial charge in [0.25, 0.3) is 0 Å². The lowest BCUT2D eigenvalue weighted by molar-refractivity contribution is -0.129. The van der Waals surface area contributed by atoms with E-state index in [4.69, 9.17) is 0 Å². The van der Waals surface area contributed by atoms with Crippen molar-refractivity contribution < 1.29 is 14.0 Å². The molecule has 0 spiro atoms. The second-order valence-electron chi connectivity index (χ2n) is 6.81. The number of likely N-dealkylation sites (N-methyl/N-ethyl adjacent to an activating group) is 2. The number of amides is 3. The maximum absolute atomic E-state index is 13.7. The van der Waals surface area contributed by atoms with E-state index in [9.17, 15) is 14.0 Å². The van der Waals surface area contributed by atoms with Gasteiger partial charge in [0.1, 0.15) is 11.9 Å². The first kappa shape index (κ1) is 17.5. The van der Waals surface area contributed by atoms with Crippen LogP contribution in [0.5, 0.6) is 0 Å². The highest BCUT2D eigenvalue weighted by Crippen LogP contribution is 2.30. The molecule has 0 saturated carbocycles. The van der Waals surface area contributed by atoms with Crippen LogP contribution in [0.15, 0.2) is 18.2 Å². The number of nitrogens with one attached hydrogen (secondary N) is 1. The van der Waals surface area contributed by atoms with E-state index in [2.05, 4.69) is 10.2 Å². The first-order valence-corrected chi connectivity index (χ1v) is 8.80. The minimum absolute atomic E-state index is 0.0619. The summed E-state index contributed by atoms with van der Waals surface area (Å²) in [5, 5.41) is 2.80. The molecule has 6 nitrogen and oxygen atoms in total. The Kier molecular flexibility index (Phi) is 5.11. The molecule has 0 aromatic heterocycles. The van der Waals surface area contributed by atoms with E-state index in [1.54, 1.807) is 25.1 Å². The van der Waals surface area contributed by atoms with Crippen molar-refractivity contribution in [1.82, 2.24) is 9.80 Å². The quantitative estimate of drug-likeness (QED) is 0.913. The molecule has 0 bridgehead atoms. The maximum atomic E-state index is 13.7. The summed E-state index contributed by atoms with van der Waals surface area (Å²) in [7, 11) is 3.34. The Morgan fingerprint density at radius 2 is 1.96 bits per heavy atom. The molecule has 136 valence electrons. The summed E-state index contributed by atoms with van der Waals surface area (Å²) >= 11 is 0. The molecule has 2 fully saturated rings. The Morgan fingerprint density at radius 1 is 1.24 bits per heavy atom. The first-order valence-electron chi connectivity index (χ1n) is 8.80. The zero-order valence-corrected chi connectivity index (χ0v) is 14.8. The number of piperidine rings is 1. The van der Waals surface area contributed by atoms with E-state index in [-0.39, 0.29) is 5.91 Å².